The molecule has 0 amide bonds. The number of carboxylic acid groups (broad SMARTS) is 1. The molecule has 3 aromatic carbocycles. The molecule has 1 fully saturated rings. The minimum atomic E-state index is -0.952. The molecule has 0 bridgehead atoms. The largest absolute Gasteiger partial charge is 0.478 e. The summed E-state index contributed by atoms with van der Waals surface area (Å²) < 4.78 is 0. The van der Waals surface area contributed by atoms with Gasteiger partial charge in [0.15, 0.2) is 5.96 Å². The Morgan fingerprint density at radius 1 is 1.00 bits per heavy atom. The van der Waals surface area contributed by atoms with Gasteiger partial charge in [0.2, 0.25) is 0 Å². The van der Waals surface area contributed by atoms with Crippen molar-refractivity contribution in [1.29, 1.82) is 0 Å². The highest BCUT2D eigenvalue weighted by Crippen LogP contribution is 2.21. The molecular weight excluding hydrogens is 436 g/mol. The van der Waals surface area contributed by atoms with Crippen LogP contribution in [0.4, 0.5) is 11.4 Å². The molecule has 0 spiro atoms. The highest BCUT2D eigenvalue weighted by molar-refractivity contribution is 6.30. The second-order valence-corrected chi connectivity index (χ2v) is 8.53. The number of halogens is 1. The normalized spacial score (nSPS) is 14.3. The van der Waals surface area contributed by atoms with Crippen molar-refractivity contribution in [2.24, 2.45) is 4.99 Å². The maximum absolute atomic E-state index is 11.4. The molecule has 0 saturated carbocycles. The van der Waals surface area contributed by atoms with Gasteiger partial charge in [0, 0.05) is 42.6 Å². The zero-order chi connectivity index (χ0) is 23.2. The van der Waals surface area contributed by atoms with E-state index in [1.165, 1.54) is 5.56 Å². The lowest BCUT2D eigenvalue weighted by Gasteiger charge is -2.38. The highest BCUT2D eigenvalue weighted by atomic mass is 35.5. The van der Waals surface area contributed by atoms with Crippen molar-refractivity contribution in [3.63, 3.8) is 0 Å². The van der Waals surface area contributed by atoms with Gasteiger partial charge in [-0.1, -0.05) is 53.6 Å². The quantitative estimate of drug-likeness (QED) is 0.406. The van der Waals surface area contributed by atoms with Gasteiger partial charge < -0.3 is 20.2 Å². The predicted molar refractivity (Wildman–Crippen MR) is 135 cm³/mol. The van der Waals surface area contributed by atoms with Crippen LogP contribution in [0, 0.1) is 6.92 Å². The number of benzene rings is 3. The first kappa shape index (κ1) is 22.7. The number of aromatic carboxylic acids is 1. The van der Waals surface area contributed by atoms with Crippen LogP contribution in [-0.2, 0) is 6.54 Å². The number of piperazine rings is 1. The van der Waals surface area contributed by atoms with E-state index in [1.807, 2.05) is 24.3 Å². The molecular formula is C26H27ClN4O2. The van der Waals surface area contributed by atoms with Crippen LogP contribution in [-0.4, -0.2) is 48.1 Å². The van der Waals surface area contributed by atoms with Crippen LogP contribution in [0.1, 0.15) is 21.5 Å². The van der Waals surface area contributed by atoms with Crippen molar-refractivity contribution in [3.8, 4) is 0 Å². The monoisotopic (exact) mass is 462 g/mol. The first-order valence-corrected chi connectivity index (χ1v) is 11.3. The summed E-state index contributed by atoms with van der Waals surface area (Å²) in [7, 11) is 0. The molecule has 33 heavy (non-hydrogen) atoms. The van der Waals surface area contributed by atoms with E-state index in [-0.39, 0.29) is 5.56 Å². The summed E-state index contributed by atoms with van der Waals surface area (Å²) >= 11 is 6.17. The number of rotatable bonds is 5. The van der Waals surface area contributed by atoms with Gasteiger partial charge in [-0.05, 0) is 48.9 Å². The van der Waals surface area contributed by atoms with Gasteiger partial charge in [-0.3, -0.25) is 0 Å². The van der Waals surface area contributed by atoms with Crippen molar-refractivity contribution in [3.05, 3.63) is 94.5 Å². The van der Waals surface area contributed by atoms with Crippen molar-refractivity contribution in [2.75, 3.05) is 36.4 Å². The second-order valence-electron chi connectivity index (χ2n) is 8.09. The van der Waals surface area contributed by atoms with Crippen LogP contribution in [0.2, 0.25) is 5.02 Å². The Hall–Kier alpha value is -3.51. The third kappa shape index (κ3) is 6.05. The molecule has 7 heteroatoms. The molecule has 2 N–H and O–H groups in total. The molecule has 0 radical (unpaired) electrons. The molecule has 1 aliphatic rings. The fourth-order valence-electron chi connectivity index (χ4n) is 3.79. The lowest BCUT2D eigenvalue weighted by molar-refractivity contribution is 0.0697. The Bertz CT molecular complexity index is 1140. The van der Waals surface area contributed by atoms with Crippen LogP contribution in [0.5, 0.6) is 0 Å². The van der Waals surface area contributed by atoms with E-state index in [9.17, 15) is 9.90 Å². The number of hydrogen-bond donors (Lipinski definition) is 2. The molecule has 0 unspecified atom stereocenters. The lowest BCUT2D eigenvalue weighted by Crippen LogP contribution is -2.50. The van der Waals surface area contributed by atoms with Crippen molar-refractivity contribution in [1.82, 2.24) is 4.90 Å². The molecule has 1 aliphatic heterocycles. The fourth-order valence-corrected chi connectivity index (χ4v) is 3.97. The second kappa shape index (κ2) is 10.4. The Labute approximate surface area is 199 Å². The number of aliphatic imine (C=N–C) groups is 1. The molecule has 6 nitrogen and oxygen atoms in total. The summed E-state index contributed by atoms with van der Waals surface area (Å²) in [6, 6.07) is 23.0. The van der Waals surface area contributed by atoms with Gasteiger partial charge in [0.25, 0.3) is 0 Å². The van der Waals surface area contributed by atoms with Gasteiger partial charge in [-0.25, -0.2) is 9.79 Å². The van der Waals surface area contributed by atoms with Crippen LogP contribution < -0.4 is 10.2 Å². The van der Waals surface area contributed by atoms with Crippen molar-refractivity contribution < 1.29 is 9.90 Å². The summed E-state index contributed by atoms with van der Waals surface area (Å²) in [6.07, 6.45) is 0. The van der Waals surface area contributed by atoms with Crippen molar-refractivity contribution >= 4 is 34.9 Å². The number of guanidine groups is 1. The number of carboxylic acids is 1. The third-order valence-electron chi connectivity index (χ3n) is 5.65. The molecule has 0 aromatic heterocycles. The average molecular weight is 463 g/mol. The maximum atomic E-state index is 11.4. The molecule has 170 valence electrons. The van der Waals surface area contributed by atoms with Gasteiger partial charge >= 0.3 is 5.97 Å². The Balaban J connectivity index is 1.52. The van der Waals surface area contributed by atoms with Gasteiger partial charge in [-0.15, -0.1) is 0 Å². The average Bonchev–Trinajstić information content (AvgIpc) is 2.83. The van der Waals surface area contributed by atoms with Crippen LogP contribution in [0.15, 0.2) is 77.8 Å². The standard InChI is InChI=1S/C26H27ClN4O2/c1-19-8-10-20(11-9-19)18-28-26(29-23-6-2-4-21(16-23)25(32)33)31-14-12-30(13-15-31)24-7-3-5-22(27)17-24/h2-11,16-17H,12-15,18H2,1H3,(H,28,29)(H,32,33). The Morgan fingerprint density at radius 3 is 2.42 bits per heavy atom. The number of anilines is 2. The zero-order valence-electron chi connectivity index (χ0n) is 18.5. The van der Waals surface area contributed by atoms with E-state index in [0.29, 0.717) is 12.2 Å². The first-order chi connectivity index (χ1) is 16.0. The van der Waals surface area contributed by atoms with E-state index >= 15 is 0 Å². The fraction of sp³-hybridized carbons (Fsp3) is 0.231. The summed E-state index contributed by atoms with van der Waals surface area (Å²) in [4.78, 5) is 20.8. The van der Waals surface area contributed by atoms with Crippen molar-refractivity contribution in [2.45, 2.75) is 13.5 Å². The van der Waals surface area contributed by atoms with E-state index in [0.717, 1.165) is 48.4 Å². The van der Waals surface area contributed by atoms with E-state index in [4.69, 9.17) is 16.6 Å². The first-order valence-electron chi connectivity index (χ1n) is 10.9. The Morgan fingerprint density at radius 2 is 1.73 bits per heavy atom. The molecule has 3 aromatic rings. The van der Waals surface area contributed by atoms with Crippen LogP contribution in [0.25, 0.3) is 0 Å². The molecule has 0 aliphatic carbocycles. The van der Waals surface area contributed by atoms with E-state index in [2.05, 4.69) is 52.4 Å². The van der Waals surface area contributed by atoms with E-state index < -0.39 is 5.97 Å². The SMILES string of the molecule is Cc1ccc(CN=C(Nc2cccc(C(=O)O)c2)N2CCN(c3cccc(Cl)c3)CC2)cc1. The molecule has 1 heterocycles. The molecule has 4 rings (SSSR count). The summed E-state index contributed by atoms with van der Waals surface area (Å²) in [5.41, 5.74) is 4.39. The summed E-state index contributed by atoms with van der Waals surface area (Å²) in [6.45, 7) is 5.84. The minimum absolute atomic E-state index is 0.240. The number of aryl methyl sites for hydroxylation is 1. The van der Waals surface area contributed by atoms with Gasteiger partial charge in [-0.2, -0.15) is 0 Å². The topological polar surface area (TPSA) is 68.2 Å². The number of hydrogen-bond acceptors (Lipinski definition) is 3. The summed E-state index contributed by atoms with van der Waals surface area (Å²) in [5, 5.41) is 13.4. The van der Waals surface area contributed by atoms with Gasteiger partial charge in [0.05, 0.1) is 12.1 Å². The summed E-state index contributed by atoms with van der Waals surface area (Å²) in [5.74, 6) is -0.212. The van der Waals surface area contributed by atoms with Crippen LogP contribution in [0.3, 0.4) is 0 Å². The van der Waals surface area contributed by atoms with Crippen LogP contribution >= 0.6 is 11.6 Å². The predicted octanol–water partition coefficient (Wildman–Crippen LogP) is 5.14. The molecule has 1 saturated heterocycles. The highest BCUT2D eigenvalue weighted by Gasteiger charge is 2.21. The third-order valence-corrected chi connectivity index (χ3v) is 5.89. The number of nitrogens with one attached hydrogen (secondary N) is 1. The number of nitrogens with zero attached hydrogens (tertiary/aromatic N) is 3. The van der Waals surface area contributed by atoms with Gasteiger partial charge in [0.1, 0.15) is 0 Å². The smallest absolute Gasteiger partial charge is 0.335 e. The lowest BCUT2D eigenvalue weighted by atomic mass is 10.1. The Kier molecular flexibility index (Phi) is 7.15. The van der Waals surface area contributed by atoms with E-state index in [1.54, 1.807) is 18.2 Å². The number of carbonyl (C=O) groups is 1. The zero-order valence-corrected chi connectivity index (χ0v) is 19.3. The molecule has 0 atom stereocenters. The maximum Gasteiger partial charge on any atom is 0.335 e. The minimum Gasteiger partial charge on any atom is -0.478 e.